The smallest absolute Gasteiger partial charge is 0.147 e. The van der Waals surface area contributed by atoms with E-state index in [2.05, 4.69) is 0 Å². The Morgan fingerprint density at radius 1 is 1.26 bits per heavy atom. The maximum atomic E-state index is 13.3. The molecule has 0 saturated heterocycles. The van der Waals surface area contributed by atoms with Crippen LogP contribution in [0.4, 0.5) is 10.1 Å². The molecular formula is C14H14FNO2S. The van der Waals surface area contributed by atoms with Gasteiger partial charge in [-0.2, -0.15) is 0 Å². The summed E-state index contributed by atoms with van der Waals surface area (Å²) in [5.41, 5.74) is 6.27. The van der Waals surface area contributed by atoms with Gasteiger partial charge in [0.05, 0.1) is 29.3 Å². The van der Waals surface area contributed by atoms with Crippen LogP contribution in [0.3, 0.4) is 0 Å². The predicted octanol–water partition coefficient (Wildman–Crippen LogP) is 2.72. The largest absolute Gasteiger partial charge is 0.496 e. The maximum Gasteiger partial charge on any atom is 0.147 e. The molecule has 0 fully saturated rings. The summed E-state index contributed by atoms with van der Waals surface area (Å²) in [5.74, 6) is 0.394. The van der Waals surface area contributed by atoms with Crippen LogP contribution in [0.2, 0.25) is 0 Å². The second-order valence-corrected chi connectivity index (χ2v) is 5.44. The Bertz CT molecular complexity index is 616. The van der Waals surface area contributed by atoms with E-state index in [1.54, 1.807) is 19.2 Å². The average Bonchev–Trinajstić information content (AvgIpc) is 2.42. The molecular weight excluding hydrogens is 265 g/mol. The lowest BCUT2D eigenvalue weighted by atomic mass is 10.2. The molecule has 0 heterocycles. The molecule has 0 saturated carbocycles. The van der Waals surface area contributed by atoms with Gasteiger partial charge in [0.2, 0.25) is 0 Å². The normalized spacial score (nSPS) is 12.1. The number of hydrogen-bond donors (Lipinski definition) is 1. The van der Waals surface area contributed by atoms with Gasteiger partial charge >= 0.3 is 0 Å². The number of nitrogens with two attached hydrogens (primary N) is 1. The Labute approximate surface area is 113 Å². The molecule has 19 heavy (non-hydrogen) atoms. The molecule has 2 aromatic carbocycles. The van der Waals surface area contributed by atoms with Crippen molar-refractivity contribution in [3.05, 3.63) is 53.8 Å². The number of para-hydroxylation sites is 1. The highest BCUT2D eigenvalue weighted by atomic mass is 32.2. The lowest BCUT2D eigenvalue weighted by Gasteiger charge is -2.08. The molecule has 0 spiro atoms. The van der Waals surface area contributed by atoms with E-state index in [0.717, 1.165) is 5.56 Å². The van der Waals surface area contributed by atoms with Crippen LogP contribution in [-0.2, 0) is 16.6 Å². The average molecular weight is 279 g/mol. The van der Waals surface area contributed by atoms with E-state index in [9.17, 15) is 8.60 Å². The number of ether oxygens (including phenoxy) is 1. The fourth-order valence-electron chi connectivity index (χ4n) is 1.70. The molecule has 2 N–H and O–H groups in total. The van der Waals surface area contributed by atoms with Crippen LogP contribution in [0, 0.1) is 5.82 Å². The minimum absolute atomic E-state index is 0.0537. The SMILES string of the molecule is COc1ccccc1CS(=O)c1ccc(N)c(F)c1. The topological polar surface area (TPSA) is 52.3 Å². The Morgan fingerprint density at radius 3 is 2.68 bits per heavy atom. The van der Waals surface area contributed by atoms with Crippen molar-refractivity contribution in [1.82, 2.24) is 0 Å². The van der Waals surface area contributed by atoms with Gasteiger partial charge in [-0.25, -0.2) is 4.39 Å². The second kappa shape index (κ2) is 5.84. The molecule has 0 aliphatic rings. The first-order valence-electron chi connectivity index (χ1n) is 5.67. The van der Waals surface area contributed by atoms with Crippen LogP contribution >= 0.6 is 0 Å². The van der Waals surface area contributed by atoms with Gasteiger partial charge in [-0.1, -0.05) is 18.2 Å². The summed E-state index contributed by atoms with van der Waals surface area (Å²) in [5, 5.41) is 0. The van der Waals surface area contributed by atoms with Crippen LogP contribution in [0.15, 0.2) is 47.4 Å². The summed E-state index contributed by atoms with van der Waals surface area (Å²) in [4.78, 5) is 0.414. The van der Waals surface area contributed by atoms with Crippen LogP contribution in [0.1, 0.15) is 5.56 Å². The highest BCUT2D eigenvalue weighted by Gasteiger charge is 2.10. The molecule has 0 amide bonds. The third-order valence-electron chi connectivity index (χ3n) is 2.71. The fraction of sp³-hybridized carbons (Fsp3) is 0.143. The van der Waals surface area contributed by atoms with E-state index in [1.807, 2.05) is 18.2 Å². The van der Waals surface area contributed by atoms with E-state index in [0.29, 0.717) is 10.6 Å². The first-order chi connectivity index (χ1) is 9.11. The van der Waals surface area contributed by atoms with Crippen LogP contribution < -0.4 is 10.5 Å². The van der Waals surface area contributed by atoms with E-state index in [-0.39, 0.29) is 11.4 Å². The zero-order valence-electron chi connectivity index (χ0n) is 10.4. The van der Waals surface area contributed by atoms with E-state index in [1.165, 1.54) is 12.1 Å². The molecule has 0 bridgehead atoms. The first kappa shape index (κ1) is 13.5. The molecule has 2 rings (SSSR count). The van der Waals surface area contributed by atoms with Crippen LogP contribution in [-0.4, -0.2) is 11.3 Å². The molecule has 5 heteroatoms. The Morgan fingerprint density at radius 2 is 2.00 bits per heavy atom. The number of rotatable bonds is 4. The summed E-state index contributed by atoms with van der Waals surface area (Å²) in [7, 11) is 0.220. The van der Waals surface area contributed by atoms with Gasteiger partial charge < -0.3 is 10.5 Å². The second-order valence-electron chi connectivity index (χ2n) is 3.99. The van der Waals surface area contributed by atoms with Crippen molar-refractivity contribution in [3.8, 4) is 5.75 Å². The summed E-state index contributed by atoms with van der Waals surface area (Å²) >= 11 is 0. The molecule has 0 aliphatic heterocycles. The molecule has 0 radical (unpaired) electrons. The van der Waals surface area contributed by atoms with Crippen LogP contribution in [0.25, 0.3) is 0 Å². The van der Waals surface area contributed by atoms with Crippen molar-refractivity contribution in [3.63, 3.8) is 0 Å². The number of nitrogen functional groups attached to an aromatic ring is 1. The van der Waals surface area contributed by atoms with Gasteiger partial charge in [0.1, 0.15) is 11.6 Å². The Kier molecular flexibility index (Phi) is 4.16. The van der Waals surface area contributed by atoms with Crippen LogP contribution in [0.5, 0.6) is 5.75 Å². The van der Waals surface area contributed by atoms with Gasteiger partial charge in [-0.05, 0) is 24.3 Å². The van der Waals surface area contributed by atoms with E-state index in [4.69, 9.17) is 10.5 Å². The maximum absolute atomic E-state index is 13.3. The molecule has 0 aliphatic carbocycles. The summed E-state index contributed by atoms with van der Waals surface area (Å²) in [6.07, 6.45) is 0. The predicted molar refractivity (Wildman–Crippen MR) is 73.9 cm³/mol. The zero-order chi connectivity index (χ0) is 13.8. The third kappa shape index (κ3) is 3.12. The van der Waals surface area contributed by atoms with Crippen molar-refractivity contribution in [2.75, 3.05) is 12.8 Å². The lowest BCUT2D eigenvalue weighted by Crippen LogP contribution is -2.00. The highest BCUT2D eigenvalue weighted by molar-refractivity contribution is 7.84. The van der Waals surface area contributed by atoms with Crippen molar-refractivity contribution >= 4 is 16.5 Å². The van der Waals surface area contributed by atoms with E-state index >= 15 is 0 Å². The van der Waals surface area contributed by atoms with Gasteiger partial charge in [0.15, 0.2) is 0 Å². The van der Waals surface area contributed by atoms with Crippen molar-refractivity contribution in [2.24, 2.45) is 0 Å². The Balaban J connectivity index is 2.23. The van der Waals surface area contributed by atoms with Gasteiger partial charge in [0, 0.05) is 10.5 Å². The van der Waals surface area contributed by atoms with Crippen molar-refractivity contribution in [2.45, 2.75) is 10.6 Å². The van der Waals surface area contributed by atoms with Gasteiger partial charge in [0.25, 0.3) is 0 Å². The van der Waals surface area contributed by atoms with E-state index < -0.39 is 16.6 Å². The zero-order valence-corrected chi connectivity index (χ0v) is 11.2. The molecule has 1 unspecified atom stereocenters. The Hall–Kier alpha value is -1.88. The fourth-order valence-corrected chi connectivity index (χ4v) is 2.84. The van der Waals surface area contributed by atoms with Crippen molar-refractivity contribution < 1.29 is 13.3 Å². The first-order valence-corrected chi connectivity index (χ1v) is 6.99. The minimum Gasteiger partial charge on any atom is -0.496 e. The monoisotopic (exact) mass is 279 g/mol. The number of methoxy groups -OCH3 is 1. The third-order valence-corrected chi connectivity index (χ3v) is 4.07. The minimum atomic E-state index is -1.34. The number of hydrogen-bond acceptors (Lipinski definition) is 3. The molecule has 1 atom stereocenters. The van der Waals surface area contributed by atoms with Crippen molar-refractivity contribution in [1.29, 1.82) is 0 Å². The number of benzene rings is 2. The highest BCUT2D eigenvalue weighted by Crippen LogP contribution is 2.22. The number of anilines is 1. The standard InChI is InChI=1S/C14H14FNO2S/c1-18-14-5-3-2-4-10(14)9-19(17)11-6-7-13(16)12(15)8-11/h2-8H,9,16H2,1H3. The molecule has 0 aromatic heterocycles. The lowest BCUT2D eigenvalue weighted by molar-refractivity contribution is 0.411. The summed E-state index contributed by atoms with van der Waals surface area (Å²) in [6.45, 7) is 0. The quantitative estimate of drug-likeness (QED) is 0.875. The summed E-state index contributed by atoms with van der Waals surface area (Å²) < 4.78 is 30.7. The summed E-state index contributed by atoms with van der Waals surface area (Å²) in [6, 6.07) is 11.5. The van der Waals surface area contributed by atoms with Gasteiger partial charge in [-0.15, -0.1) is 0 Å². The number of halogens is 1. The molecule has 100 valence electrons. The molecule has 3 nitrogen and oxygen atoms in total. The molecule has 2 aromatic rings. The van der Waals surface area contributed by atoms with Gasteiger partial charge in [-0.3, -0.25) is 4.21 Å².